The fraction of sp³-hybridized carbons (Fsp3) is 0.367. The molecule has 3 fully saturated rings. The topological polar surface area (TPSA) is 86.8 Å². The minimum absolute atomic E-state index is 0.0433. The molecule has 6 rings (SSSR count). The Morgan fingerprint density at radius 2 is 1.77 bits per heavy atom. The standard InChI is InChI=1S/C30H32FN5O3/c1-35-14-16-36(17-15-35)30(12-13-30)29(38)34-26-18-20(6-11-27(26)39-22-8-9-22)28(37)33-21-7-10-25(32-19-21)23-4-2-3-5-24(23)31/h2-7,10-11,18-19,22H,8-9,12-17H2,1H3,(H,33,37)(H,34,38). The molecule has 0 spiro atoms. The van der Waals surface area contributed by atoms with Crippen LogP contribution < -0.4 is 15.4 Å². The number of aromatic nitrogens is 1. The second-order valence-electron chi connectivity index (χ2n) is 10.7. The van der Waals surface area contributed by atoms with Crippen molar-refractivity contribution in [2.24, 2.45) is 0 Å². The molecule has 2 aromatic carbocycles. The highest BCUT2D eigenvalue weighted by atomic mass is 19.1. The van der Waals surface area contributed by atoms with E-state index in [1.165, 1.54) is 12.3 Å². The number of carbonyl (C=O) groups excluding carboxylic acids is 2. The van der Waals surface area contributed by atoms with Crippen LogP contribution in [0.3, 0.4) is 0 Å². The summed E-state index contributed by atoms with van der Waals surface area (Å²) in [6.07, 6.45) is 5.27. The summed E-state index contributed by atoms with van der Waals surface area (Å²) in [5, 5.41) is 5.94. The number of carbonyl (C=O) groups is 2. The van der Waals surface area contributed by atoms with Gasteiger partial charge in [0.25, 0.3) is 5.91 Å². The number of hydrogen-bond donors (Lipinski definition) is 2. The van der Waals surface area contributed by atoms with E-state index in [-0.39, 0.29) is 23.7 Å². The number of anilines is 2. The Morgan fingerprint density at radius 3 is 2.44 bits per heavy atom. The molecule has 1 aromatic heterocycles. The largest absolute Gasteiger partial charge is 0.488 e. The summed E-state index contributed by atoms with van der Waals surface area (Å²) in [6.45, 7) is 3.61. The Kier molecular flexibility index (Phi) is 6.78. The van der Waals surface area contributed by atoms with Gasteiger partial charge in [-0.2, -0.15) is 0 Å². The monoisotopic (exact) mass is 529 g/mol. The zero-order valence-corrected chi connectivity index (χ0v) is 22.0. The first-order valence-electron chi connectivity index (χ1n) is 13.5. The summed E-state index contributed by atoms with van der Waals surface area (Å²) in [5.41, 5.74) is 1.77. The number of amides is 2. The van der Waals surface area contributed by atoms with Crippen LogP contribution in [-0.2, 0) is 4.79 Å². The third-order valence-electron chi connectivity index (χ3n) is 7.73. The number of nitrogens with one attached hydrogen (secondary N) is 2. The number of pyridine rings is 1. The fourth-order valence-electron chi connectivity index (χ4n) is 5.01. The first-order chi connectivity index (χ1) is 18.9. The Labute approximate surface area is 227 Å². The van der Waals surface area contributed by atoms with Crippen LogP contribution in [0.2, 0.25) is 0 Å². The highest BCUT2D eigenvalue weighted by Gasteiger charge is 2.54. The molecule has 3 aromatic rings. The van der Waals surface area contributed by atoms with Crippen LogP contribution in [0, 0.1) is 5.82 Å². The minimum Gasteiger partial charge on any atom is -0.488 e. The van der Waals surface area contributed by atoms with E-state index in [2.05, 4.69) is 32.5 Å². The lowest BCUT2D eigenvalue weighted by Gasteiger charge is -2.37. The zero-order chi connectivity index (χ0) is 27.0. The maximum atomic E-state index is 14.1. The smallest absolute Gasteiger partial charge is 0.255 e. The highest BCUT2D eigenvalue weighted by molar-refractivity contribution is 6.07. The van der Waals surface area contributed by atoms with Crippen LogP contribution in [0.1, 0.15) is 36.0 Å². The van der Waals surface area contributed by atoms with E-state index in [9.17, 15) is 14.0 Å². The SMILES string of the molecule is CN1CCN(C2(C(=O)Nc3cc(C(=O)Nc4ccc(-c5ccccc5F)nc4)ccc3OC3CC3)CC2)CC1. The molecule has 2 N–H and O–H groups in total. The third-order valence-corrected chi connectivity index (χ3v) is 7.73. The summed E-state index contributed by atoms with van der Waals surface area (Å²) in [6, 6.07) is 14.9. The molecule has 0 bridgehead atoms. The quantitative estimate of drug-likeness (QED) is 0.450. The molecule has 1 aliphatic heterocycles. The summed E-state index contributed by atoms with van der Waals surface area (Å²) >= 11 is 0. The van der Waals surface area contributed by atoms with Gasteiger partial charge in [0.05, 0.1) is 29.4 Å². The van der Waals surface area contributed by atoms with Crippen LogP contribution >= 0.6 is 0 Å². The van der Waals surface area contributed by atoms with Crippen molar-refractivity contribution >= 4 is 23.2 Å². The van der Waals surface area contributed by atoms with Crippen molar-refractivity contribution in [2.75, 3.05) is 43.9 Å². The molecular formula is C30H32FN5O3. The average molecular weight is 530 g/mol. The van der Waals surface area contributed by atoms with Gasteiger partial charge < -0.3 is 20.3 Å². The van der Waals surface area contributed by atoms with Crippen molar-refractivity contribution in [1.29, 1.82) is 0 Å². The van der Waals surface area contributed by atoms with Crippen molar-refractivity contribution in [2.45, 2.75) is 37.3 Å². The maximum absolute atomic E-state index is 14.1. The second-order valence-corrected chi connectivity index (χ2v) is 10.7. The van der Waals surface area contributed by atoms with E-state index in [1.54, 1.807) is 48.5 Å². The van der Waals surface area contributed by atoms with E-state index in [0.717, 1.165) is 51.9 Å². The van der Waals surface area contributed by atoms with Gasteiger partial charge in [0.2, 0.25) is 5.91 Å². The van der Waals surface area contributed by atoms with Gasteiger partial charge in [-0.15, -0.1) is 0 Å². The molecule has 9 heteroatoms. The molecule has 0 radical (unpaired) electrons. The Hall–Kier alpha value is -3.82. The minimum atomic E-state index is -0.484. The lowest BCUT2D eigenvalue weighted by atomic mass is 10.1. The number of benzene rings is 2. The predicted octanol–water partition coefficient (Wildman–Crippen LogP) is 4.40. The first-order valence-corrected chi connectivity index (χ1v) is 13.5. The summed E-state index contributed by atoms with van der Waals surface area (Å²) < 4.78 is 20.2. The van der Waals surface area contributed by atoms with Gasteiger partial charge in [0.1, 0.15) is 17.1 Å². The van der Waals surface area contributed by atoms with Crippen LogP contribution in [-0.4, -0.2) is 71.5 Å². The third kappa shape index (κ3) is 5.51. The van der Waals surface area contributed by atoms with E-state index in [4.69, 9.17) is 4.74 Å². The normalized spacial score (nSPS) is 18.8. The van der Waals surface area contributed by atoms with Gasteiger partial charge in [0.15, 0.2) is 0 Å². The highest BCUT2D eigenvalue weighted by Crippen LogP contribution is 2.44. The maximum Gasteiger partial charge on any atom is 0.255 e. The number of halogens is 1. The number of nitrogens with zero attached hydrogens (tertiary/aromatic N) is 3. The lowest BCUT2D eigenvalue weighted by Crippen LogP contribution is -2.54. The second kappa shape index (κ2) is 10.4. The van der Waals surface area contributed by atoms with Gasteiger partial charge in [-0.05, 0) is 75.2 Å². The number of ether oxygens (including phenoxy) is 1. The molecule has 39 heavy (non-hydrogen) atoms. The molecule has 2 amide bonds. The van der Waals surface area contributed by atoms with Crippen molar-refractivity contribution in [3.8, 4) is 17.0 Å². The molecule has 0 unspecified atom stereocenters. The molecule has 202 valence electrons. The van der Waals surface area contributed by atoms with Gasteiger partial charge in [-0.1, -0.05) is 12.1 Å². The number of hydrogen-bond acceptors (Lipinski definition) is 6. The predicted molar refractivity (Wildman–Crippen MR) is 147 cm³/mol. The fourth-order valence-corrected chi connectivity index (χ4v) is 5.01. The van der Waals surface area contributed by atoms with Crippen molar-refractivity contribution in [3.05, 3.63) is 72.2 Å². The zero-order valence-electron chi connectivity index (χ0n) is 22.0. The van der Waals surface area contributed by atoms with Gasteiger partial charge in [0, 0.05) is 37.3 Å². The molecule has 0 atom stereocenters. The molecule has 3 aliphatic rings. The van der Waals surface area contributed by atoms with Gasteiger partial charge in [-0.25, -0.2) is 4.39 Å². The van der Waals surface area contributed by atoms with E-state index < -0.39 is 5.54 Å². The van der Waals surface area contributed by atoms with Crippen LogP contribution in [0.25, 0.3) is 11.3 Å². The first kappa shape index (κ1) is 25.5. The van der Waals surface area contributed by atoms with E-state index >= 15 is 0 Å². The van der Waals surface area contributed by atoms with Crippen LogP contribution in [0.4, 0.5) is 15.8 Å². The van der Waals surface area contributed by atoms with Gasteiger partial charge in [-0.3, -0.25) is 19.5 Å². The molecule has 1 saturated heterocycles. The lowest BCUT2D eigenvalue weighted by molar-refractivity contribution is -0.123. The van der Waals surface area contributed by atoms with Crippen LogP contribution in [0.5, 0.6) is 5.75 Å². The molecule has 2 aliphatic carbocycles. The number of piperazine rings is 1. The molecular weight excluding hydrogens is 497 g/mol. The Morgan fingerprint density at radius 1 is 1.00 bits per heavy atom. The summed E-state index contributed by atoms with van der Waals surface area (Å²) in [5.74, 6) is -0.166. The van der Waals surface area contributed by atoms with E-state index in [1.807, 2.05) is 0 Å². The Balaban J connectivity index is 1.18. The molecule has 2 saturated carbocycles. The number of likely N-dealkylation sites (N-methyl/N-ethyl adjacent to an activating group) is 1. The van der Waals surface area contributed by atoms with Gasteiger partial charge >= 0.3 is 0 Å². The number of rotatable bonds is 8. The average Bonchev–Trinajstić information content (AvgIpc) is 3.87. The van der Waals surface area contributed by atoms with E-state index in [0.29, 0.717) is 33.9 Å². The molecule has 2 heterocycles. The molecule has 8 nitrogen and oxygen atoms in total. The van der Waals surface area contributed by atoms with Crippen molar-refractivity contribution < 1.29 is 18.7 Å². The summed E-state index contributed by atoms with van der Waals surface area (Å²) in [7, 11) is 2.10. The van der Waals surface area contributed by atoms with Crippen molar-refractivity contribution in [3.63, 3.8) is 0 Å². The summed E-state index contributed by atoms with van der Waals surface area (Å²) in [4.78, 5) is 35.5. The van der Waals surface area contributed by atoms with Crippen molar-refractivity contribution in [1.82, 2.24) is 14.8 Å². The Bertz CT molecular complexity index is 1380. The van der Waals surface area contributed by atoms with Crippen LogP contribution in [0.15, 0.2) is 60.8 Å².